The molecular formula is C34H26ClNO6S. The number of thiophene rings is 1. The maximum Gasteiger partial charge on any atom is 0.203 e. The predicted molar refractivity (Wildman–Crippen MR) is 166 cm³/mol. The lowest BCUT2D eigenvalue weighted by Gasteiger charge is -2.37. The third-order valence-electron chi connectivity index (χ3n) is 8.87. The van der Waals surface area contributed by atoms with E-state index in [4.69, 9.17) is 25.8 Å². The SMILES string of the molecule is COc1ccc([C@H]2[C@@H](C(=O)c3cccs3)N3c4ccc(Cl)cc4C=C[C@@H]3C23C(=O)c2ccccc2C3=O)c(OC)c1OC. The molecule has 3 aliphatic rings. The number of anilines is 1. The van der Waals surface area contributed by atoms with Gasteiger partial charge in [-0.15, -0.1) is 11.3 Å². The van der Waals surface area contributed by atoms with Gasteiger partial charge in [-0.2, -0.15) is 0 Å². The average Bonchev–Trinajstić information content (AvgIpc) is 3.73. The minimum atomic E-state index is -1.68. The van der Waals surface area contributed by atoms with Crippen LogP contribution in [0.5, 0.6) is 17.2 Å². The molecule has 0 N–H and O–H groups in total. The smallest absolute Gasteiger partial charge is 0.203 e. The highest BCUT2D eigenvalue weighted by atomic mass is 35.5. The van der Waals surface area contributed by atoms with Crippen LogP contribution in [0.15, 0.2) is 78.2 Å². The van der Waals surface area contributed by atoms with E-state index in [0.29, 0.717) is 49.5 Å². The van der Waals surface area contributed by atoms with Crippen LogP contribution >= 0.6 is 22.9 Å². The Morgan fingerprint density at radius 2 is 1.60 bits per heavy atom. The molecule has 0 unspecified atom stereocenters. The molecule has 1 aliphatic carbocycles. The second-order valence-corrected chi connectivity index (χ2v) is 12.1. The van der Waals surface area contributed by atoms with Crippen molar-refractivity contribution in [3.63, 3.8) is 0 Å². The quantitative estimate of drug-likeness (QED) is 0.176. The molecule has 1 aromatic heterocycles. The topological polar surface area (TPSA) is 82.1 Å². The van der Waals surface area contributed by atoms with Crippen LogP contribution < -0.4 is 19.1 Å². The molecule has 7 nitrogen and oxygen atoms in total. The summed E-state index contributed by atoms with van der Waals surface area (Å²) < 4.78 is 17.2. The highest BCUT2D eigenvalue weighted by Gasteiger charge is 2.72. The second-order valence-electron chi connectivity index (χ2n) is 10.7. The van der Waals surface area contributed by atoms with Gasteiger partial charge in [0.1, 0.15) is 11.5 Å². The molecule has 43 heavy (non-hydrogen) atoms. The molecule has 0 radical (unpaired) electrons. The average molecular weight is 612 g/mol. The lowest BCUT2D eigenvalue weighted by molar-refractivity contribution is 0.0664. The highest BCUT2D eigenvalue weighted by Crippen LogP contribution is 2.63. The monoisotopic (exact) mass is 611 g/mol. The molecule has 0 bridgehead atoms. The first-order valence-corrected chi connectivity index (χ1v) is 15.0. The van der Waals surface area contributed by atoms with E-state index in [-0.39, 0.29) is 17.3 Å². The van der Waals surface area contributed by atoms with Gasteiger partial charge in [-0.1, -0.05) is 60.2 Å². The van der Waals surface area contributed by atoms with Gasteiger partial charge in [0.15, 0.2) is 28.8 Å². The number of ether oxygens (including phenoxy) is 3. The molecule has 216 valence electrons. The van der Waals surface area contributed by atoms with Crippen molar-refractivity contribution in [1.82, 2.24) is 0 Å². The van der Waals surface area contributed by atoms with Crippen molar-refractivity contribution in [2.75, 3.05) is 26.2 Å². The van der Waals surface area contributed by atoms with Crippen molar-refractivity contribution in [2.45, 2.75) is 18.0 Å². The first-order chi connectivity index (χ1) is 20.9. The van der Waals surface area contributed by atoms with E-state index in [1.807, 2.05) is 40.6 Å². The van der Waals surface area contributed by atoms with Crippen LogP contribution in [0.2, 0.25) is 5.02 Å². The van der Waals surface area contributed by atoms with E-state index in [1.54, 1.807) is 48.5 Å². The molecule has 0 amide bonds. The molecule has 3 heterocycles. The maximum absolute atomic E-state index is 14.9. The maximum atomic E-state index is 14.9. The Bertz CT molecular complexity index is 1810. The number of carbonyl (C=O) groups excluding carboxylic acids is 3. The molecule has 3 atom stereocenters. The molecule has 3 aromatic carbocycles. The first kappa shape index (κ1) is 27.4. The zero-order valence-corrected chi connectivity index (χ0v) is 25.1. The Kier molecular flexibility index (Phi) is 6.45. The van der Waals surface area contributed by atoms with E-state index >= 15 is 0 Å². The fourth-order valence-corrected chi connectivity index (χ4v) is 8.10. The van der Waals surface area contributed by atoms with Crippen molar-refractivity contribution < 1.29 is 28.6 Å². The third-order valence-corrected chi connectivity index (χ3v) is 9.99. The summed E-state index contributed by atoms with van der Waals surface area (Å²) in [7, 11) is 4.51. The minimum Gasteiger partial charge on any atom is -0.493 e. The van der Waals surface area contributed by atoms with Crippen LogP contribution in [0.1, 0.15) is 47.4 Å². The zero-order valence-electron chi connectivity index (χ0n) is 23.5. The summed E-state index contributed by atoms with van der Waals surface area (Å²) in [6, 6.07) is 17.7. The van der Waals surface area contributed by atoms with Gasteiger partial charge in [-0.25, -0.2) is 0 Å². The van der Waals surface area contributed by atoms with Crippen molar-refractivity contribution in [1.29, 1.82) is 0 Å². The molecule has 1 fully saturated rings. The second kappa shape index (κ2) is 10.1. The first-order valence-electron chi connectivity index (χ1n) is 13.7. The number of Topliss-reactive ketones (excluding diaryl/α,β-unsaturated/α-hetero) is 3. The van der Waals surface area contributed by atoms with E-state index in [1.165, 1.54) is 32.7 Å². The number of rotatable bonds is 6. The highest BCUT2D eigenvalue weighted by molar-refractivity contribution is 7.12. The number of hydrogen-bond donors (Lipinski definition) is 0. The van der Waals surface area contributed by atoms with Crippen molar-refractivity contribution in [2.24, 2.45) is 5.41 Å². The fourth-order valence-electron chi connectivity index (χ4n) is 7.22. The van der Waals surface area contributed by atoms with Crippen LogP contribution in [-0.2, 0) is 0 Å². The Labute approximate surface area is 257 Å². The fraction of sp³-hybridized carbons (Fsp3) is 0.206. The van der Waals surface area contributed by atoms with E-state index in [2.05, 4.69) is 0 Å². The molecule has 7 rings (SSSR count). The number of carbonyl (C=O) groups is 3. The van der Waals surface area contributed by atoms with Crippen molar-refractivity contribution in [3.8, 4) is 17.2 Å². The summed E-state index contributed by atoms with van der Waals surface area (Å²) in [6.45, 7) is 0. The Balaban J connectivity index is 1.59. The van der Waals surface area contributed by atoms with Gasteiger partial charge in [-0.05, 0) is 41.3 Å². The predicted octanol–water partition coefficient (Wildman–Crippen LogP) is 6.74. The van der Waals surface area contributed by atoms with E-state index < -0.39 is 23.4 Å². The van der Waals surface area contributed by atoms with Gasteiger partial charge < -0.3 is 19.1 Å². The van der Waals surface area contributed by atoms with Crippen LogP contribution in [-0.4, -0.2) is 50.8 Å². The van der Waals surface area contributed by atoms with Gasteiger partial charge in [0.05, 0.1) is 32.2 Å². The van der Waals surface area contributed by atoms with Crippen molar-refractivity contribution >= 4 is 52.1 Å². The molecule has 9 heteroatoms. The summed E-state index contributed by atoms with van der Waals surface area (Å²) in [6.07, 6.45) is 3.75. The summed E-state index contributed by atoms with van der Waals surface area (Å²) in [5.41, 5.74) is 1.01. The summed E-state index contributed by atoms with van der Waals surface area (Å²) in [5, 5.41) is 2.38. The van der Waals surface area contributed by atoms with Gasteiger partial charge >= 0.3 is 0 Å². The normalized spacial score (nSPS) is 21.0. The van der Waals surface area contributed by atoms with E-state index in [9.17, 15) is 14.4 Å². The number of halogens is 1. The summed E-state index contributed by atoms with van der Waals surface area (Å²) in [4.78, 5) is 46.9. The van der Waals surface area contributed by atoms with Crippen LogP contribution in [0.4, 0.5) is 5.69 Å². The van der Waals surface area contributed by atoms with Gasteiger partial charge in [0.2, 0.25) is 5.75 Å². The molecule has 0 saturated carbocycles. The van der Waals surface area contributed by atoms with Crippen LogP contribution in [0, 0.1) is 5.41 Å². The molecule has 1 saturated heterocycles. The van der Waals surface area contributed by atoms with Crippen LogP contribution in [0.3, 0.4) is 0 Å². The molecular weight excluding hydrogens is 586 g/mol. The Hall–Kier alpha value is -4.40. The molecule has 1 spiro atoms. The van der Waals surface area contributed by atoms with Crippen molar-refractivity contribution in [3.05, 3.63) is 110 Å². The minimum absolute atomic E-state index is 0.202. The Morgan fingerprint density at radius 3 is 2.23 bits per heavy atom. The lowest BCUT2D eigenvalue weighted by Crippen LogP contribution is -2.48. The number of ketones is 3. The number of fused-ring (bicyclic) bond motifs is 5. The van der Waals surface area contributed by atoms with Gasteiger partial charge in [0.25, 0.3) is 0 Å². The van der Waals surface area contributed by atoms with E-state index in [0.717, 1.165) is 5.56 Å². The zero-order chi connectivity index (χ0) is 30.0. The van der Waals surface area contributed by atoms with Crippen LogP contribution in [0.25, 0.3) is 6.08 Å². The molecule has 4 aromatic rings. The number of benzene rings is 3. The largest absolute Gasteiger partial charge is 0.493 e. The summed E-state index contributed by atoms with van der Waals surface area (Å²) in [5.74, 6) is -0.787. The standard InChI is InChI=1S/C34H26ClNO6S/c1-40-24-14-12-22(30(41-2)31(24)42-3)27-28(29(37)25-9-6-16-43-25)36-23-13-11-19(35)17-18(23)10-15-26(36)34(27)32(38)20-7-4-5-8-21(20)33(34)39/h4-17,26-28H,1-3H3/t26-,27+,28+/m1/s1. The number of nitrogens with zero attached hydrogens (tertiary/aromatic N) is 1. The summed E-state index contributed by atoms with van der Waals surface area (Å²) >= 11 is 7.71. The molecule has 2 aliphatic heterocycles. The lowest BCUT2D eigenvalue weighted by atomic mass is 9.64. The number of hydrogen-bond acceptors (Lipinski definition) is 8. The number of methoxy groups -OCH3 is 3. The Morgan fingerprint density at radius 1 is 0.884 bits per heavy atom. The van der Waals surface area contributed by atoms with Gasteiger partial charge in [-0.3, -0.25) is 14.4 Å². The van der Waals surface area contributed by atoms with Gasteiger partial charge in [0, 0.05) is 33.3 Å². The third kappa shape index (κ3) is 3.63.